The van der Waals surface area contributed by atoms with Crippen molar-refractivity contribution in [2.45, 2.75) is 10.7 Å². The molecule has 0 unspecified atom stereocenters. The van der Waals surface area contributed by atoms with Crippen molar-refractivity contribution in [3.63, 3.8) is 0 Å². The summed E-state index contributed by atoms with van der Waals surface area (Å²) in [7, 11) is 1.44. The Bertz CT molecular complexity index is 1090. The molecule has 0 spiro atoms. The van der Waals surface area contributed by atoms with E-state index in [-0.39, 0.29) is 23.0 Å². The molecule has 0 heterocycles. The molecule has 0 saturated heterocycles. The van der Waals surface area contributed by atoms with Gasteiger partial charge in [-0.2, -0.15) is 0 Å². The van der Waals surface area contributed by atoms with E-state index in [4.69, 9.17) is 44.4 Å². The Kier molecular flexibility index (Phi) is 8.62. The van der Waals surface area contributed by atoms with Gasteiger partial charge in [-0.25, -0.2) is 0 Å². The van der Waals surface area contributed by atoms with Crippen molar-refractivity contribution in [3.8, 4) is 0 Å². The molecule has 0 aliphatic carbocycles. The number of hydrogen-bond donors (Lipinski definition) is 1. The van der Waals surface area contributed by atoms with Gasteiger partial charge < -0.3 is 15.0 Å². The lowest BCUT2D eigenvalue weighted by molar-refractivity contribution is -0.113. The van der Waals surface area contributed by atoms with Crippen LogP contribution in [0.5, 0.6) is 0 Å². The topological polar surface area (TPSA) is 50.7 Å². The number of para-hydroxylation sites is 1. The summed E-state index contributed by atoms with van der Waals surface area (Å²) in [6.07, 6.45) is 0. The second-order valence-electron chi connectivity index (χ2n) is 7.15. The molecule has 4 nitrogen and oxygen atoms in total. The first-order valence-corrected chi connectivity index (χ1v) is 11.3. The Morgan fingerprint density at radius 2 is 1.30 bits per heavy atom. The predicted molar refractivity (Wildman–Crippen MR) is 140 cm³/mol. The van der Waals surface area contributed by atoms with E-state index in [9.17, 15) is 4.79 Å². The van der Waals surface area contributed by atoms with Crippen LogP contribution in [0.15, 0.2) is 107 Å². The monoisotopic (exact) mass is 498 g/mol. The number of carbonyl (C=O) groups is 1. The minimum absolute atomic E-state index is 0.0158. The average molecular weight is 500 g/mol. The number of hydrogen-bond acceptors (Lipinski definition) is 4. The molecule has 0 aliphatic heterocycles. The fourth-order valence-corrected chi connectivity index (χ4v) is 3.75. The van der Waals surface area contributed by atoms with Gasteiger partial charge in [-0.1, -0.05) is 114 Å². The molecule has 3 rings (SSSR count). The Hall–Kier alpha value is -2.73. The van der Waals surface area contributed by atoms with Crippen LogP contribution in [0.2, 0.25) is 0 Å². The number of alkyl halides is 3. The van der Waals surface area contributed by atoms with E-state index >= 15 is 0 Å². The largest absolute Gasteiger partial charge is 0.482 e. The van der Waals surface area contributed by atoms with Crippen LogP contribution in [0.3, 0.4) is 0 Å². The minimum atomic E-state index is -2.00. The number of nitrogens with zero attached hydrogens (tertiary/aromatic N) is 1. The van der Waals surface area contributed by atoms with E-state index in [0.29, 0.717) is 5.69 Å². The molecular formula is C25H22BCl3N2O2. The Morgan fingerprint density at radius 1 is 0.848 bits per heavy atom. The van der Waals surface area contributed by atoms with Crippen molar-refractivity contribution in [2.24, 2.45) is 4.90 Å². The normalized spacial score (nSPS) is 12.6. The number of allylic oxidation sites excluding steroid dienone is 1. The molecule has 0 atom stereocenters. The zero-order chi connectivity index (χ0) is 23.8. The third-order valence-electron chi connectivity index (χ3n) is 4.81. The number of rotatable bonds is 8. The van der Waals surface area contributed by atoms with Crippen LogP contribution in [-0.2, 0) is 9.53 Å². The van der Waals surface area contributed by atoms with Crippen LogP contribution in [-0.4, -0.2) is 29.2 Å². The van der Waals surface area contributed by atoms with E-state index < -0.39 is 10.6 Å². The molecule has 0 aromatic heterocycles. The minimum Gasteiger partial charge on any atom is -0.482 e. The molecule has 0 fully saturated rings. The van der Waals surface area contributed by atoms with Crippen molar-refractivity contribution in [1.29, 1.82) is 0 Å². The molecular weight excluding hydrogens is 477 g/mol. The fraction of sp³-hybridized carbons (Fsp3) is 0.120. The SMILES string of the molecule is CO/C(Nc1ccccc1)=C(C(C)=O)\C(=N/B(c1ccccc1)c1ccccc1)C(Cl)(Cl)Cl. The highest BCUT2D eigenvalue weighted by atomic mass is 35.6. The van der Waals surface area contributed by atoms with Crippen LogP contribution in [0, 0.1) is 0 Å². The van der Waals surface area contributed by atoms with Crippen LogP contribution >= 0.6 is 34.8 Å². The maximum absolute atomic E-state index is 12.8. The zero-order valence-corrected chi connectivity index (χ0v) is 20.4. The Labute approximate surface area is 209 Å². The second-order valence-corrected chi connectivity index (χ2v) is 9.44. The highest BCUT2D eigenvalue weighted by Gasteiger charge is 2.37. The summed E-state index contributed by atoms with van der Waals surface area (Å²) in [6.45, 7) is 0.870. The van der Waals surface area contributed by atoms with E-state index in [1.54, 1.807) is 0 Å². The molecule has 168 valence electrons. The van der Waals surface area contributed by atoms with E-state index in [1.807, 2.05) is 91.0 Å². The van der Waals surface area contributed by atoms with Gasteiger partial charge in [0, 0.05) is 5.69 Å². The number of ketones is 1. The number of halogens is 3. The van der Waals surface area contributed by atoms with Crippen molar-refractivity contribution in [3.05, 3.63) is 102 Å². The first kappa shape index (κ1) is 24.9. The van der Waals surface area contributed by atoms with Gasteiger partial charge in [0.05, 0.1) is 12.8 Å². The summed E-state index contributed by atoms with van der Waals surface area (Å²) in [4.78, 5) is 17.7. The van der Waals surface area contributed by atoms with Gasteiger partial charge in [-0.3, -0.25) is 4.79 Å². The summed E-state index contributed by atoms with van der Waals surface area (Å²) in [6, 6.07) is 28.5. The van der Waals surface area contributed by atoms with Gasteiger partial charge >= 0.3 is 6.85 Å². The number of nitrogens with one attached hydrogen (secondary N) is 1. The fourth-order valence-electron chi connectivity index (χ4n) is 3.32. The number of anilines is 1. The third-order valence-corrected chi connectivity index (χ3v) is 5.35. The summed E-state index contributed by atoms with van der Waals surface area (Å²) >= 11 is 19.2. The summed E-state index contributed by atoms with van der Waals surface area (Å²) in [5.74, 6) is -0.223. The molecule has 0 saturated carbocycles. The van der Waals surface area contributed by atoms with Crippen LogP contribution in [0.1, 0.15) is 6.92 Å². The maximum Gasteiger partial charge on any atom is 0.344 e. The first-order valence-electron chi connectivity index (χ1n) is 10.2. The Morgan fingerprint density at radius 3 is 1.70 bits per heavy atom. The number of methoxy groups -OCH3 is 1. The van der Waals surface area contributed by atoms with Gasteiger partial charge in [0.15, 0.2) is 5.78 Å². The van der Waals surface area contributed by atoms with Crippen molar-refractivity contribution in [1.82, 2.24) is 0 Å². The molecule has 3 aromatic rings. The quantitative estimate of drug-likeness (QED) is 0.153. The maximum atomic E-state index is 12.8. The predicted octanol–water partition coefficient (Wildman–Crippen LogP) is 5.16. The van der Waals surface area contributed by atoms with Gasteiger partial charge in [0.2, 0.25) is 9.68 Å². The van der Waals surface area contributed by atoms with E-state index in [2.05, 4.69) is 5.32 Å². The van der Waals surface area contributed by atoms with Crippen LogP contribution in [0.25, 0.3) is 0 Å². The van der Waals surface area contributed by atoms with Crippen molar-refractivity contribution >= 4 is 69.8 Å². The first-order chi connectivity index (χ1) is 15.8. The van der Waals surface area contributed by atoms with Crippen LogP contribution < -0.4 is 16.2 Å². The Balaban J connectivity index is 2.23. The molecule has 33 heavy (non-hydrogen) atoms. The zero-order valence-electron chi connectivity index (χ0n) is 18.1. The van der Waals surface area contributed by atoms with E-state index in [0.717, 1.165) is 10.9 Å². The average Bonchev–Trinajstić information content (AvgIpc) is 2.81. The molecule has 0 amide bonds. The number of Topliss-reactive ketones (excluding diaryl/α,β-unsaturated/α-hetero) is 1. The van der Waals surface area contributed by atoms with Gasteiger partial charge in [0.25, 0.3) is 0 Å². The lowest BCUT2D eigenvalue weighted by atomic mass is 9.51. The summed E-state index contributed by atoms with van der Waals surface area (Å²) < 4.78 is 3.54. The lowest BCUT2D eigenvalue weighted by Gasteiger charge is -2.22. The number of ether oxygens (including phenoxy) is 1. The van der Waals surface area contributed by atoms with Gasteiger partial charge in [-0.15, -0.1) is 0 Å². The van der Waals surface area contributed by atoms with Gasteiger partial charge in [-0.05, 0) is 30.0 Å². The van der Waals surface area contributed by atoms with Crippen LogP contribution in [0.4, 0.5) is 5.69 Å². The van der Waals surface area contributed by atoms with E-state index in [1.165, 1.54) is 14.0 Å². The molecule has 0 bridgehead atoms. The summed E-state index contributed by atoms with van der Waals surface area (Å²) in [5.41, 5.74) is 2.51. The van der Waals surface area contributed by atoms with Gasteiger partial charge in [0.1, 0.15) is 5.57 Å². The standard InChI is InChI=1S/C25H22BCl3N2O2/c1-18(32)22(24(33-2)30-21-16-10-5-11-17-21)23(25(27,28)29)31-26(19-12-6-3-7-13-19)20-14-8-4-9-15-20/h3-17,30H,1-2H3/b24-22-,31-23+. The second kappa shape index (κ2) is 11.4. The third kappa shape index (κ3) is 6.64. The molecule has 8 heteroatoms. The summed E-state index contributed by atoms with van der Waals surface area (Å²) in [5, 5.41) is 3.10. The van der Waals surface area contributed by atoms with Crippen molar-refractivity contribution < 1.29 is 9.53 Å². The molecule has 0 aliphatic rings. The lowest BCUT2D eigenvalue weighted by Crippen LogP contribution is -2.43. The molecule has 0 radical (unpaired) electrons. The highest BCUT2D eigenvalue weighted by molar-refractivity contribution is 6.87. The highest BCUT2D eigenvalue weighted by Crippen LogP contribution is 2.33. The molecule has 1 N–H and O–H groups in total. The van der Waals surface area contributed by atoms with Crippen molar-refractivity contribution in [2.75, 3.05) is 12.4 Å². The number of carbonyl (C=O) groups excluding carboxylic acids is 1. The molecule has 3 aromatic carbocycles. The number of benzene rings is 3. The smallest absolute Gasteiger partial charge is 0.344 e.